The molecule has 2 aliphatic heterocycles. The summed E-state index contributed by atoms with van der Waals surface area (Å²) >= 11 is 0. The Balaban J connectivity index is 1.24. The number of carbonyl (C=O) groups is 4. The maximum atomic E-state index is 13.8. The van der Waals surface area contributed by atoms with E-state index in [1.165, 1.54) is 6.92 Å². The predicted molar refractivity (Wildman–Crippen MR) is 210 cm³/mol. The third-order valence-corrected chi connectivity index (χ3v) is 10.1. The lowest BCUT2D eigenvalue weighted by atomic mass is 9.97. The summed E-state index contributed by atoms with van der Waals surface area (Å²) in [6.45, 7) is 9.37. The van der Waals surface area contributed by atoms with Crippen LogP contribution in [0.25, 0.3) is 0 Å². The van der Waals surface area contributed by atoms with Gasteiger partial charge in [0.25, 0.3) is 0 Å². The molecule has 1 unspecified atom stereocenters. The summed E-state index contributed by atoms with van der Waals surface area (Å²) in [6, 6.07) is 24.6. The summed E-state index contributed by atoms with van der Waals surface area (Å²) < 4.78 is 30.8. The zero-order valence-electron chi connectivity index (χ0n) is 33.2. The van der Waals surface area contributed by atoms with Crippen molar-refractivity contribution in [3.63, 3.8) is 0 Å². The highest BCUT2D eigenvalue weighted by atomic mass is 16.8. The quantitative estimate of drug-likeness (QED) is 0.106. The minimum absolute atomic E-state index is 0.0955. The van der Waals surface area contributed by atoms with Crippen LogP contribution in [0.5, 0.6) is 0 Å². The van der Waals surface area contributed by atoms with Crippen LogP contribution in [-0.4, -0.2) is 90.0 Å². The highest BCUT2D eigenvalue weighted by molar-refractivity contribution is 5.93. The van der Waals surface area contributed by atoms with Gasteiger partial charge >= 0.3 is 5.97 Å². The summed E-state index contributed by atoms with van der Waals surface area (Å²) in [5, 5.41) is 21.3. The molecule has 3 aromatic rings. The number of rotatable bonds is 21. The average Bonchev–Trinajstić information content (AvgIpc) is 3.68. The molecule has 2 fully saturated rings. The van der Waals surface area contributed by atoms with Gasteiger partial charge in [0.05, 0.1) is 19.8 Å². The van der Waals surface area contributed by atoms with E-state index in [2.05, 4.69) is 21.3 Å². The summed E-state index contributed by atoms with van der Waals surface area (Å²) in [5.41, 5.74) is 2.81. The van der Waals surface area contributed by atoms with E-state index in [1.54, 1.807) is 6.92 Å². The maximum Gasteiger partial charge on any atom is 0.328 e. The van der Waals surface area contributed by atoms with Gasteiger partial charge in [0.1, 0.15) is 30.4 Å². The van der Waals surface area contributed by atoms with Crippen LogP contribution in [0, 0.1) is 5.92 Å². The lowest BCUT2D eigenvalue weighted by molar-refractivity contribution is -0.222. The fourth-order valence-electron chi connectivity index (χ4n) is 6.78. The summed E-state index contributed by atoms with van der Waals surface area (Å²) in [4.78, 5) is 52.8. The fourth-order valence-corrected chi connectivity index (χ4v) is 6.78. The van der Waals surface area contributed by atoms with Crippen molar-refractivity contribution in [1.29, 1.82) is 0 Å². The van der Waals surface area contributed by atoms with E-state index in [0.29, 0.717) is 13.0 Å². The van der Waals surface area contributed by atoms with Gasteiger partial charge in [-0.05, 0) is 43.4 Å². The first kappa shape index (κ1) is 43.4. The van der Waals surface area contributed by atoms with E-state index < -0.39 is 78.2 Å². The molecule has 2 saturated heterocycles. The lowest BCUT2D eigenvalue weighted by Gasteiger charge is -2.32. The molecule has 2 heterocycles. The number of hydrogen-bond acceptors (Lipinski definition) is 10. The average molecular weight is 789 g/mol. The molecule has 0 aliphatic carbocycles. The molecule has 14 heteroatoms. The van der Waals surface area contributed by atoms with Crippen LogP contribution in [0.4, 0.5) is 0 Å². The van der Waals surface area contributed by atoms with Crippen LogP contribution in [-0.2, 0) is 62.6 Å². The van der Waals surface area contributed by atoms with Gasteiger partial charge in [0.15, 0.2) is 18.1 Å². The third-order valence-electron chi connectivity index (χ3n) is 10.1. The van der Waals surface area contributed by atoms with E-state index >= 15 is 0 Å². The van der Waals surface area contributed by atoms with E-state index in [1.807, 2.05) is 112 Å². The van der Waals surface area contributed by atoms with Gasteiger partial charge in [-0.1, -0.05) is 111 Å². The molecule has 0 spiro atoms. The number of benzene rings is 3. The van der Waals surface area contributed by atoms with E-state index in [0.717, 1.165) is 16.7 Å². The highest BCUT2D eigenvalue weighted by Gasteiger charge is 2.57. The van der Waals surface area contributed by atoms with Crippen LogP contribution >= 0.6 is 0 Å². The van der Waals surface area contributed by atoms with E-state index in [4.69, 9.17) is 23.7 Å². The molecule has 9 atom stereocenters. The van der Waals surface area contributed by atoms with Crippen molar-refractivity contribution in [2.75, 3.05) is 6.61 Å². The van der Waals surface area contributed by atoms with Gasteiger partial charge in [-0.25, -0.2) is 4.79 Å². The smallest absolute Gasteiger partial charge is 0.328 e. The number of carboxylic acid groups (broad SMARTS) is 1. The molecular formula is C43H56N4O10. The van der Waals surface area contributed by atoms with Crippen LogP contribution in [0.15, 0.2) is 91.0 Å². The molecule has 14 nitrogen and oxygen atoms in total. The second-order valence-electron chi connectivity index (χ2n) is 15.1. The number of fused-ring (bicyclic) bond motifs is 1. The Morgan fingerprint density at radius 2 is 1.39 bits per heavy atom. The largest absolute Gasteiger partial charge is 0.480 e. The van der Waals surface area contributed by atoms with Crippen LogP contribution in [0.1, 0.15) is 64.2 Å². The molecule has 3 amide bonds. The van der Waals surface area contributed by atoms with Gasteiger partial charge in [-0.2, -0.15) is 0 Å². The Labute approximate surface area is 334 Å². The second kappa shape index (κ2) is 20.6. The number of carboxylic acids is 1. The molecule has 5 N–H and O–H groups in total. The number of aliphatic carboxylic acids is 1. The van der Waals surface area contributed by atoms with Crippen molar-refractivity contribution in [3.8, 4) is 0 Å². The van der Waals surface area contributed by atoms with Crippen LogP contribution < -0.4 is 21.3 Å². The second-order valence-corrected chi connectivity index (χ2v) is 15.1. The van der Waals surface area contributed by atoms with Crippen molar-refractivity contribution in [1.82, 2.24) is 21.3 Å². The molecule has 0 aromatic heterocycles. The first-order valence-electron chi connectivity index (χ1n) is 19.5. The Morgan fingerprint density at radius 1 is 0.789 bits per heavy atom. The van der Waals surface area contributed by atoms with Gasteiger partial charge in [0.2, 0.25) is 17.7 Å². The van der Waals surface area contributed by atoms with Gasteiger partial charge < -0.3 is 50.1 Å². The van der Waals surface area contributed by atoms with Crippen molar-refractivity contribution in [2.45, 2.75) is 122 Å². The molecule has 3 aromatic carbocycles. The van der Waals surface area contributed by atoms with Crippen molar-refractivity contribution in [2.24, 2.45) is 5.92 Å². The summed E-state index contributed by atoms with van der Waals surface area (Å²) in [6.07, 6.45) is -2.14. The lowest BCUT2D eigenvalue weighted by Crippen LogP contribution is -2.58. The Morgan fingerprint density at radius 3 is 1.98 bits per heavy atom. The zero-order valence-corrected chi connectivity index (χ0v) is 33.2. The van der Waals surface area contributed by atoms with E-state index in [-0.39, 0.29) is 32.2 Å². The minimum atomic E-state index is -1.35. The molecule has 308 valence electrons. The Kier molecular flexibility index (Phi) is 15.7. The van der Waals surface area contributed by atoms with Crippen molar-refractivity contribution < 1.29 is 48.0 Å². The summed E-state index contributed by atoms with van der Waals surface area (Å²) in [5.74, 6) is -4.25. The Bertz CT molecular complexity index is 1750. The van der Waals surface area contributed by atoms with Gasteiger partial charge in [-0.3, -0.25) is 14.4 Å². The molecule has 0 radical (unpaired) electrons. The number of amides is 3. The third kappa shape index (κ3) is 12.6. The van der Waals surface area contributed by atoms with Crippen molar-refractivity contribution >= 4 is 23.7 Å². The predicted octanol–water partition coefficient (Wildman–Crippen LogP) is 3.82. The normalized spacial score (nSPS) is 22.3. The molecule has 5 rings (SSSR count). The SMILES string of the molecule is CC[C@H](C)[C@H](NC(=O)[C@H](C)NC(=O)C[C@H](NCc1ccccc1)C1O[C@@H]2OC(C)(C)O[C@@H]2[C@H]1OCc1ccccc1)C(=O)N[C@@H](COCc1ccccc1)C(=O)O. The first-order valence-corrected chi connectivity index (χ1v) is 19.5. The molecular weight excluding hydrogens is 732 g/mol. The monoisotopic (exact) mass is 788 g/mol. The van der Waals surface area contributed by atoms with Crippen molar-refractivity contribution in [3.05, 3.63) is 108 Å². The van der Waals surface area contributed by atoms with Gasteiger partial charge in [0, 0.05) is 19.0 Å². The molecule has 0 saturated carbocycles. The van der Waals surface area contributed by atoms with Gasteiger partial charge in [-0.15, -0.1) is 0 Å². The topological polar surface area (TPSA) is 183 Å². The number of ether oxygens (including phenoxy) is 5. The molecule has 57 heavy (non-hydrogen) atoms. The first-order chi connectivity index (χ1) is 27.3. The minimum Gasteiger partial charge on any atom is -0.480 e. The molecule has 2 aliphatic rings. The maximum absolute atomic E-state index is 13.8. The van der Waals surface area contributed by atoms with E-state index in [9.17, 15) is 24.3 Å². The summed E-state index contributed by atoms with van der Waals surface area (Å²) in [7, 11) is 0. The number of nitrogens with one attached hydrogen (secondary N) is 4. The number of carbonyl (C=O) groups excluding carboxylic acids is 3. The Hall–Kier alpha value is -4.70. The number of hydrogen-bond donors (Lipinski definition) is 5. The van der Waals surface area contributed by atoms with Crippen LogP contribution in [0.2, 0.25) is 0 Å². The highest BCUT2D eigenvalue weighted by Crippen LogP contribution is 2.40. The zero-order chi connectivity index (χ0) is 41.0. The standard InChI is InChI=1S/C43H56N4O10/c1-6-27(2)35(40(50)46-33(41(51)52)26-53-24-30-18-12-8-13-19-30)47-39(49)28(3)45-34(48)22-32(44-23-29-16-10-7-11-17-29)36-37(54-25-31-20-14-9-15-21-31)38-42(55-36)57-43(4,5)56-38/h7-21,27-28,32-33,35-38,42,44H,6,22-26H2,1-5H3,(H,45,48)(H,46,50)(H,47,49)(H,51,52)/t27-,28-,32-,33-,35-,36?,37-,38+,42+/m0/s1. The molecule has 0 bridgehead atoms. The van der Waals surface area contributed by atoms with Crippen LogP contribution in [0.3, 0.4) is 0 Å². The fraction of sp³-hybridized carbons (Fsp3) is 0.488.